The van der Waals surface area contributed by atoms with Crippen molar-refractivity contribution >= 4 is 15.9 Å². The second-order valence-electron chi connectivity index (χ2n) is 5.92. The largest absolute Gasteiger partial charge is 0.496 e. The van der Waals surface area contributed by atoms with Crippen molar-refractivity contribution in [2.75, 3.05) is 26.7 Å². The van der Waals surface area contributed by atoms with Crippen molar-refractivity contribution in [2.24, 2.45) is 0 Å². The van der Waals surface area contributed by atoms with Gasteiger partial charge in [0.25, 0.3) is 0 Å². The van der Waals surface area contributed by atoms with Crippen LogP contribution in [0.5, 0.6) is 5.75 Å². The minimum Gasteiger partial charge on any atom is -0.496 e. The Bertz CT molecular complexity index is 870. The van der Waals surface area contributed by atoms with Crippen molar-refractivity contribution < 1.29 is 22.3 Å². The zero-order valence-electron chi connectivity index (χ0n) is 15.3. The molecule has 0 spiro atoms. The summed E-state index contributed by atoms with van der Waals surface area (Å²) in [6, 6.07) is 12.1. The van der Waals surface area contributed by atoms with Crippen LogP contribution in [0.2, 0.25) is 0 Å². The fraction of sp³-hybridized carbons (Fsp3) is 0.316. The smallest absolute Gasteiger partial charge is 0.240 e. The van der Waals surface area contributed by atoms with Gasteiger partial charge in [-0.25, -0.2) is 17.5 Å². The molecular weight excluding hydrogens is 371 g/mol. The van der Waals surface area contributed by atoms with Crippen LogP contribution in [0.15, 0.2) is 53.4 Å². The molecule has 2 aromatic carbocycles. The third-order valence-electron chi connectivity index (χ3n) is 4.09. The summed E-state index contributed by atoms with van der Waals surface area (Å²) in [5.74, 6) is 0.0944. The molecule has 0 bridgehead atoms. The zero-order chi connectivity index (χ0) is 19.9. The van der Waals surface area contributed by atoms with E-state index in [0.717, 1.165) is 23.4 Å². The lowest BCUT2D eigenvalue weighted by Crippen LogP contribution is -2.38. The highest BCUT2D eigenvalue weighted by Gasteiger charge is 2.15. The zero-order valence-corrected chi connectivity index (χ0v) is 16.1. The molecular formula is C19H23FN2O4S. The molecule has 1 N–H and O–H groups in total. The minimum atomic E-state index is -3.75. The lowest BCUT2D eigenvalue weighted by atomic mass is 10.1. The standard InChI is InChI=1S/C19H23FN2O4S/c1-15(23)22(13-11-16-5-3-4-6-19(16)26-2)14-12-21-27(24,25)18-9-7-17(20)8-10-18/h3-10,21H,11-14H2,1-2H3. The average Bonchev–Trinajstić information content (AvgIpc) is 2.64. The van der Waals surface area contributed by atoms with Gasteiger partial charge in [-0.1, -0.05) is 18.2 Å². The van der Waals surface area contributed by atoms with Crippen molar-refractivity contribution in [3.63, 3.8) is 0 Å². The number of benzene rings is 2. The highest BCUT2D eigenvalue weighted by molar-refractivity contribution is 7.89. The predicted octanol–water partition coefficient (Wildman–Crippen LogP) is 2.20. The number of rotatable bonds is 9. The van der Waals surface area contributed by atoms with Crippen molar-refractivity contribution in [1.82, 2.24) is 9.62 Å². The van der Waals surface area contributed by atoms with E-state index in [-0.39, 0.29) is 23.9 Å². The number of carbonyl (C=O) groups excluding carboxylic acids is 1. The number of nitrogens with zero attached hydrogens (tertiary/aromatic N) is 1. The number of hydrogen-bond donors (Lipinski definition) is 1. The minimum absolute atomic E-state index is 0.0210. The maximum Gasteiger partial charge on any atom is 0.240 e. The maximum absolute atomic E-state index is 12.9. The Morgan fingerprint density at radius 1 is 1.11 bits per heavy atom. The van der Waals surface area contributed by atoms with Crippen LogP contribution in [-0.4, -0.2) is 46.0 Å². The van der Waals surface area contributed by atoms with E-state index in [1.165, 1.54) is 19.1 Å². The molecule has 0 unspecified atom stereocenters. The van der Waals surface area contributed by atoms with Gasteiger partial charge in [0.15, 0.2) is 0 Å². The Hall–Kier alpha value is -2.45. The molecule has 6 nitrogen and oxygen atoms in total. The van der Waals surface area contributed by atoms with Gasteiger partial charge in [0.1, 0.15) is 11.6 Å². The first-order valence-corrected chi connectivity index (χ1v) is 9.94. The molecule has 27 heavy (non-hydrogen) atoms. The quantitative estimate of drug-likeness (QED) is 0.708. The molecule has 1 amide bonds. The first-order valence-electron chi connectivity index (χ1n) is 8.46. The number of para-hydroxylation sites is 1. The molecule has 0 saturated heterocycles. The van der Waals surface area contributed by atoms with Crippen molar-refractivity contribution in [1.29, 1.82) is 0 Å². The number of halogens is 1. The first kappa shape index (κ1) is 20.9. The van der Waals surface area contributed by atoms with Crippen molar-refractivity contribution in [3.8, 4) is 5.75 Å². The van der Waals surface area contributed by atoms with E-state index in [9.17, 15) is 17.6 Å². The van der Waals surface area contributed by atoms with Crippen LogP contribution >= 0.6 is 0 Å². The van der Waals surface area contributed by atoms with E-state index in [0.29, 0.717) is 13.0 Å². The molecule has 0 atom stereocenters. The Morgan fingerprint density at radius 2 is 1.78 bits per heavy atom. The van der Waals surface area contributed by atoms with E-state index in [2.05, 4.69) is 4.72 Å². The van der Waals surface area contributed by atoms with Gasteiger partial charge in [-0.3, -0.25) is 4.79 Å². The Labute approximate surface area is 159 Å². The third-order valence-corrected chi connectivity index (χ3v) is 5.56. The highest BCUT2D eigenvalue weighted by Crippen LogP contribution is 2.18. The van der Waals surface area contributed by atoms with Crippen molar-refractivity contribution in [3.05, 3.63) is 59.9 Å². The molecule has 0 aliphatic rings. The van der Waals surface area contributed by atoms with Crippen LogP contribution in [0.25, 0.3) is 0 Å². The van der Waals surface area contributed by atoms with Crippen LogP contribution < -0.4 is 9.46 Å². The molecule has 0 aliphatic carbocycles. The fourth-order valence-corrected chi connectivity index (χ4v) is 3.62. The van der Waals surface area contributed by atoms with Gasteiger partial charge < -0.3 is 9.64 Å². The molecule has 0 aliphatic heterocycles. The van der Waals surface area contributed by atoms with E-state index >= 15 is 0 Å². The second-order valence-corrected chi connectivity index (χ2v) is 7.69. The van der Waals surface area contributed by atoms with E-state index in [4.69, 9.17) is 4.74 Å². The molecule has 2 rings (SSSR count). The molecule has 146 valence electrons. The van der Waals surface area contributed by atoms with Gasteiger partial charge in [0, 0.05) is 26.6 Å². The Kier molecular flexibility index (Phi) is 7.32. The molecule has 0 aromatic heterocycles. The molecule has 2 aromatic rings. The Morgan fingerprint density at radius 3 is 2.41 bits per heavy atom. The fourth-order valence-electron chi connectivity index (χ4n) is 2.60. The van der Waals surface area contributed by atoms with Crippen LogP contribution in [0.4, 0.5) is 4.39 Å². The summed E-state index contributed by atoms with van der Waals surface area (Å²) in [5, 5.41) is 0. The SMILES string of the molecule is COc1ccccc1CCN(CCNS(=O)(=O)c1ccc(F)cc1)C(C)=O. The monoisotopic (exact) mass is 394 g/mol. The second kappa shape index (κ2) is 9.48. The van der Waals surface area contributed by atoms with Crippen LogP contribution in [0, 0.1) is 5.82 Å². The number of nitrogens with one attached hydrogen (secondary N) is 1. The summed E-state index contributed by atoms with van der Waals surface area (Å²) >= 11 is 0. The average molecular weight is 394 g/mol. The molecule has 0 saturated carbocycles. The molecule has 0 heterocycles. The Balaban J connectivity index is 1.92. The van der Waals surface area contributed by atoms with Gasteiger partial charge in [-0.05, 0) is 42.3 Å². The molecule has 0 fully saturated rings. The number of amides is 1. The maximum atomic E-state index is 12.9. The van der Waals surface area contributed by atoms with Crippen molar-refractivity contribution in [2.45, 2.75) is 18.2 Å². The normalized spacial score (nSPS) is 11.2. The van der Waals surface area contributed by atoms with Gasteiger partial charge in [-0.15, -0.1) is 0 Å². The lowest BCUT2D eigenvalue weighted by molar-refractivity contribution is -0.128. The van der Waals surface area contributed by atoms with Crippen LogP contribution in [-0.2, 0) is 21.2 Å². The van der Waals surface area contributed by atoms with E-state index in [1.54, 1.807) is 12.0 Å². The van der Waals surface area contributed by atoms with Gasteiger partial charge >= 0.3 is 0 Å². The van der Waals surface area contributed by atoms with Crippen LogP contribution in [0.1, 0.15) is 12.5 Å². The summed E-state index contributed by atoms with van der Waals surface area (Å²) in [5.41, 5.74) is 0.971. The van der Waals surface area contributed by atoms with Crippen LogP contribution in [0.3, 0.4) is 0 Å². The number of ether oxygens (including phenoxy) is 1. The predicted molar refractivity (Wildman–Crippen MR) is 101 cm³/mol. The van der Waals surface area contributed by atoms with E-state index < -0.39 is 15.8 Å². The summed E-state index contributed by atoms with van der Waals surface area (Å²) in [6.45, 7) is 2.17. The molecule has 8 heteroatoms. The van der Waals surface area contributed by atoms with Gasteiger partial charge in [0.05, 0.1) is 12.0 Å². The summed E-state index contributed by atoms with van der Waals surface area (Å²) < 4.78 is 45.1. The summed E-state index contributed by atoms with van der Waals surface area (Å²) in [7, 11) is -2.16. The summed E-state index contributed by atoms with van der Waals surface area (Å²) in [6.07, 6.45) is 0.592. The van der Waals surface area contributed by atoms with E-state index in [1.807, 2.05) is 24.3 Å². The number of hydrogen-bond acceptors (Lipinski definition) is 4. The number of carbonyl (C=O) groups is 1. The first-order chi connectivity index (χ1) is 12.8. The topological polar surface area (TPSA) is 75.7 Å². The summed E-state index contributed by atoms with van der Waals surface area (Å²) in [4.78, 5) is 13.4. The van der Waals surface area contributed by atoms with Gasteiger partial charge in [0.2, 0.25) is 15.9 Å². The third kappa shape index (κ3) is 6.04. The number of methoxy groups -OCH3 is 1. The number of sulfonamides is 1. The van der Waals surface area contributed by atoms with Gasteiger partial charge in [-0.2, -0.15) is 0 Å². The molecule has 0 radical (unpaired) electrons. The lowest BCUT2D eigenvalue weighted by Gasteiger charge is -2.22. The highest BCUT2D eigenvalue weighted by atomic mass is 32.2.